The molecule has 0 N–H and O–H groups in total. The normalized spacial score (nSPS) is 14.1. The van der Waals surface area contributed by atoms with Crippen molar-refractivity contribution in [3.63, 3.8) is 0 Å². The monoisotopic (exact) mass is 254 g/mol. The van der Waals surface area contributed by atoms with Crippen molar-refractivity contribution in [1.82, 2.24) is 0 Å². The molecule has 3 nitrogen and oxygen atoms in total. The van der Waals surface area contributed by atoms with Gasteiger partial charge in [0.1, 0.15) is 5.60 Å². The first kappa shape index (κ1) is 14.6. The fraction of sp³-hybridized carbons (Fsp3) is 0.500. The Morgan fingerprint density at radius 2 is 2.06 bits per heavy atom. The summed E-state index contributed by atoms with van der Waals surface area (Å²) in [5.74, 6) is -0.341. The average Bonchev–Trinajstić information content (AvgIpc) is 2.38. The quantitative estimate of drug-likeness (QED) is 0.783. The van der Waals surface area contributed by atoms with Crippen molar-refractivity contribution in [1.29, 1.82) is 0 Å². The first-order chi connectivity index (χ1) is 8.46. The van der Waals surface area contributed by atoms with E-state index in [4.69, 9.17) is 9.47 Å². The second-order valence-electron chi connectivity index (χ2n) is 4.36. The predicted molar refractivity (Wildman–Crippen MR) is 67.4 cm³/mol. The standard InChI is InChI=1S/C14H19FO3/c1-5-14(2,18-4)13(16)9-10-6-7-12(17-3)11(15)8-10/h6-8H,5,9H2,1-4H3. The number of methoxy groups -OCH3 is 2. The molecule has 0 heterocycles. The lowest BCUT2D eigenvalue weighted by Crippen LogP contribution is -2.37. The molecule has 100 valence electrons. The Morgan fingerprint density at radius 1 is 1.39 bits per heavy atom. The zero-order chi connectivity index (χ0) is 13.8. The van der Waals surface area contributed by atoms with Crippen LogP contribution in [0.3, 0.4) is 0 Å². The van der Waals surface area contributed by atoms with E-state index in [0.29, 0.717) is 12.0 Å². The van der Waals surface area contributed by atoms with Crippen LogP contribution < -0.4 is 4.74 Å². The average molecular weight is 254 g/mol. The van der Waals surface area contributed by atoms with Crippen molar-refractivity contribution < 1.29 is 18.7 Å². The fourth-order valence-electron chi connectivity index (χ4n) is 1.65. The maximum Gasteiger partial charge on any atom is 0.168 e. The minimum absolute atomic E-state index is 0.0583. The van der Waals surface area contributed by atoms with Gasteiger partial charge in [-0.25, -0.2) is 4.39 Å². The topological polar surface area (TPSA) is 35.5 Å². The molecule has 0 radical (unpaired) electrons. The molecule has 0 fully saturated rings. The van der Waals surface area contributed by atoms with E-state index in [0.717, 1.165) is 0 Å². The minimum Gasteiger partial charge on any atom is -0.494 e. The maximum atomic E-state index is 13.5. The summed E-state index contributed by atoms with van der Waals surface area (Å²) >= 11 is 0. The van der Waals surface area contributed by atoms with Gasteiger partial charge >= 0.3 is 0 Å². The lowest BCUT2D eigenvalue weighted by molar-refractivity contribution is -0.138. The molecule has 0 amide bonds. The minimum atomic E-state index is -0.809. The summed E-state index contributed by atoms with van der Waals surface area (Å²) in [6.07, 6.45) is 0.736. The van der Waals surface area contributed by atoms with E-state index in [1.54, 1.807) is 13.0 Å². The summed E-state index contributed by atoms with van der Waals surface area (Å²) in [6.45, 7) is 3.63. The van der Waals surface area contributed by atoms with Crippen molar-refractivity contribution in [2.24, 2.45) is 0 Å². The predicted octanol–water partition coefficient (Wildman–Crippen LogP) is 2.76. The maximum absolute atomic E-state index is 13.5. The van der Waals surface area contributed by atoms with Crippen LogP contribution in [-0.2, 0) is 16.0 Å². The zero-order valence-corrected chi connectivity index (χ0v) is 11.2. The van der Waals surface area contributed by atoms with Crippen molar-refractivity contribution >= 4 is 5.78 Å². The van der Waals surface area contributed by atoms with Gasteiger partial charge in [0.05, 0.1) is 7.11 Å². The van der Waals surface area contributed by atoms with E-state index in [2.05, 4.69) is 0 Å². The van der Waals surface area contributed by atoms with Crippen LogP contribution in [-0.4, -0.2) is 25.6 Å². The van der Waals surface area contributed by atoms with Crippen LogP contribution in [0.25, 0.3) is 0 Å². The zero-order valence-electron chi connectivity index (χ0n) is 11.2. The number of carbonyl (C=O) groups excluding carboxylic acids is 1. The summed E-state index contributed by atoms with van der Waals surface area (Å²) in [4.78, 5) is 12.1. The highest BCUT2D eigenvalue weighted by atomic mass is 19.1. The number of rotatable bonds is 6. The Labute approximate surface area is 107 Å². The van der Waals surface area contributed by atoms with Crippen LogP contribution in [0.4, 0.5) is 4.39 Å². The molecule has 1 atom stereocenters. The molecular weight excluding hydrogens is 235 g/mol. The molecule has 0 spiro atoms. The number of ketones is 1. The molecular formula is C14H19FO3. The SMILES string of the molecule is CCC(C)(OC)C(=O)Cc1ccc(OC)c(F)c1. The Bertz CT molecular complexity index is 425. The summed E-state index contributed by atoms with van der Waals surface area (Å²) in [7, 11) is 2.91. The molecule has 1 aromatic rings. The van der Waals surface area contributed by atoms with Gasteiger partial charge in [0.2, 0.25) is 0 Å². The third kappa shape index (κ3) is 3.07. The third-order valence-corrected chi connectivity index (χ3v) is 3.30. The van der Waals surface area contributed by atoms with Gasteiger partial charge in [0, 0.05) is 13.5 Å². The van der Waals surface area contributed by atoms with Gasteiger partial charge in [-0.2, -0.15) is 0 Å². The highest BCUT2D eigenvalue weighted by Crippen LogP contribution is 2.21. The van der Waals surface area contributed by atoms with E-state index in [-0.39, 0.29) is 18.0 Å². The number of hydrogen-bond acceptors (Lipinski definition) is 3. The van der Waals surface area contributed by atoms with E-state index < -0.39 is 11.4 Å². The van der Waals surface area contributed by atoms with Gasteiger partial charge < -0.3 is 9.47 Å². The van der Waals surface area contributed by atoms with Gasteiger partial charge in [-0.3, -0.25) is 4.79 Å². The van der Waals surface area contributed by atoms with E-state index in [1.807, 2.05) is 6.92 Å². The Balaban J connectivity index is 2.85. The van der Waals surface area contributed by atoms with E-state index in [9.17, 15) is 9.18 Å². The van der Waals surface area contributed by atoms with Crippen LogP contribution in [0.1, 0.15) is 25.8 Å². The van der Waals surface area contributed by atoms with Crippen LogP contribution >= 0.6 is 0 Å². The summed E-state index contributed by atoms with van der Waals surface area (Å²) in [6, 6.07) is 4.53. The second kappa shape index (κ2) is 5.96. The number of halogens is 1. The number of ether oxygens (including phenoxy) is 2. The summed E-state index contributed by atoms with van der Waals surface area (Å²) in [5.41, 5.74) is -0.189. The van der Waals surface area contributed by atoms with Crippen LogP contribution in [0.5, 0.6) is 5.75 Å². The van der Waals surface area contributed by atoms with Crippen LogP contribution in [0.15, 0.2) is 18.2 Å². The smallest absolute Gasteiger partial charge is 0.168 e. The highest BCUT2D eigenvalue weighted by Gasteiger charge is 2.30. The first-order valence-corrected chi connectivity index (χ1v) is 5.87. The molecule has 0 aliphatic rings. The molecule has 1 unspecified atom stereocenters. The lowest BCUT2D eigenvalue weighted by atomic mass is 9.92. The summed E-state index contributed by atoms with van der Waals surface area (Å²) < 4.78 is 23.6. The molecule has 0 aliphatic heterocycles. The molecule has 0 saturated carbocycles. The number of benzene rings is 1. The third-order valence-electron chi connectivity index (χ3n) is 3.30. The van der Waals surface area contributed by atoms with Crippen LogP contribution in [0.2, 0.25) is 0 Å². The molecule has 1 aromatic carbocycles. The Kier molecular flexibility index (Phi) is 4.84. The van der Waals surface area contributed by atoms with Crippen molar-refractivity contribution in [2.45, 2.75) is 32.3 Å². The lowest BCUT2D eigenvalue weighted by Gasteiger charge is -2.24. The van der Waals surface area contributed by atoms with Crippen molar-refractivity contribution in [3.8, 4) is 5.75 Å². The van der Waals surface area contributed by atoms with Gasteiger partial charge in [-0.15, -0.1) is 0 Å². The van der Waals surface area contributed by atoms with Gasteiger partial charge in [-0.05, 0) is 31.0 Å². The number of carbonyl (C=O) groups is 1. The number of Topliss-reactive ketones (excluding diaryl/α,β-unsaturated/α-hetero) is 1. The number of hydrogen-bond donors (Lipinski definition) is 0. The van der Waals surface area contributed by atoms with E-state index in [1.165, 1.54) is 26.4 Å². The molecule has 0 saturated heterocycles. The summed E-state index contributed by atoms with van der Waals surface area (Å²) in [5, 5.41) is 0. The van der Waals surface area contributed by atoms with Crippen LogP contribution in [0, 0.1) is 5.82 Å². The fourth-order valence-corrected chi connectivity index (χ4v) is 1.65. The Hall–Kier alpha value is -1.42. The van der Waals surface area contributed by atoms with Gasteiger partial charge in [0.25, 0.3) is 0 Å². The molecule has 18 heavy (non-hydrogen) atoms. The molecule has 4 heteroatoms. The second-order valence-corrected chi connectivity index (χ2v) is 4.36. The van der Waals surface area contributed by atoms with Crippen molar-refractivity contribution in [3.05, 3.63) is 29.6 Å². The molecule has 0 bridgehead atoms. The largest absolute Gasteiger partial charge is 0.494 e. The van der Waals surface area contributed by atoms with Gasteiger partial charge in [0.15, 0.2) is 17.3 Å². The van der Waals surface area contributed by atoms with E-state index >= 15 is 0 Å². The van der Waals surface area contributed by atoms with Gasteiger partial charge in [-0.1, -0.05) is 13.0 Å². The molecule has 0 aliphatic carbocycles. The van der Waals surface area contributed by atoms with Crippen molar-refractivity contribution in [2.75, 3.05) is 14.2 Å². The molecule has 1 rings (SSSR count). The highest BCUT2D eigenvalue weighted by molar-refractivity contribution is 5.88. The first-order valence-electron chi connectivity index (χ1n) is 5.87. The Morgan fingerprint density at radius 3 is 2.50 bits per heavy atom. The molecule has 0 aromatic heterocycles.